The van der Waals surface area contributed by atoms with Crippen molar-refractivity contribution in [3.63, 3.8) is 0 Å². The van der Waals surface area contributed by atoms with Crippen LogP contribution in [0.3, 0.4) is 0 Å². The number of hydrogen-bond acceptors (Lipinski definition) is 6. The van der Waals surface area contributed by atoms with Crippen LogP contribution in [0.4, 0.5) is 17.6 Å². The Morgan fingerprint density at radius 3 is 2.62 bits per heavy atom. The van der Waals surface area contributed by atoms with E-state index in [2.05, 4.69) is 38.4 Å². The second kappa shape index (κ2) is 9.35. The topological polar surface area (TPSA) is 69.2 Å². The lowest BCUT2D eigenvalue weighted by Gasteiger charge is -2.32. The van der Waals surface area contributed by atoms with Crippen LogP contribution in [0.2, 0.25) is 0 Å². The summed E-state index contributed by atoms with van der Waals surface area (Å²) in [6.45, 7) is 7.11. The second-order valence-electron chi connectivity index (χ2n) is 7.96. The van der Waals surface area contributed by atoms with E-state index in [4.69, 9.17) is 22.2 Å². The van der Waals surface area contributed by atoms with Gasteiger partial charge in [0, 0.05) is 51.2 Å². The molecule has 2 N–H and O–H groups in total. The van der Waals surface area contributed by atoms with Gasteiger partial charge in [-0.05, 0) is 55.4 Å². The van der Waals surface area contributed by atoms with Crippen LogP contribution in [0.5, 0.6) is 0 Å². The van der Waals surface area contributed by atoms with Gasteiger partial charge >= 0.3 is 0 Å². The Hall–Kier alpha value is -2.48. The summed E-state index contributed by atoms with van der Waals surface area (Å²) in [6.07, 6.45) is 8.52. The highest BCUT2D eigenvalue weighted by Gasteiger charge is 2.22. The molecule has 0 amide bonds. The molecule has 1 atom stereocenters. The molecule has 29 heavy (non-hydrogen) atoms. The van der Waals surface area contributed by atoms with E-state index >= 15 is 0 Å². The number of piperidine rings is 1. The zero-order valence-corrected chi connectivity index (χ0v) is 17.8. The molecule has 2 aliphatic heterocycles. The van der Waals surface area contributed by atoms with Crippen LogP contribution in [-0.2, 0) is 6.54 Å². The van der Waals surface area contributed by atoms with Gasteiger partial charge in [0.1, 0.15) is 11.6 Å². The molecule has 0 aromatic carbocycles. The van der Waals surface area contributed by atoms with E-state index in [-0.39, 0.29) is 0 Å². The minimum Gasteiger partial charge on any atom is -0.358 e. The van der Waals surface area contributed by atoms with E-state index in [0.717, 1.165) is 43.4 Å². The number of aromatic nitrogens is 3. The highest BCUT2D eigenvalue weighted by Crippen LogP contribution is 2.27. The third-order valence-electron chi connectivity index (χ3n) is 5.51. The van der Waals surface area contributed by atoms with Gasteiger partial charge in [0.05, 0.1) is 0 Å². The summed E-state index contributed by atoms with van der Waals surface area (Å²) < 4.78 is 0. The van der Waals surface area contributed by atoms with Crippen molar-refractivity contribution in [3.8, 4) is 0 Å². The Morgan fingerprint density at radius 2 is 1.90 bits per heavy atom. The van der Waals surface area contributed by atoms with Crippen LogP contribution in [0.15, 0.2) is 30.6 Å². The zero-order chi connectivity index (χ0) is 20.1. The number of nitrogens with one attached hydrogen (secondary N) is 2. The van der Waals surface area contributed by atoms with Crippen molar-refractivity contribution < 1.29 is 0 Å². The molecule has 0 radical (unpaired) electrons. The van der Waals surface area contributed by atoms with Gasteiger partial charge in [0.25, 0.3) is 0 Å². The first-order valence-corrected chi connectivity index (χ1v) is 10.9. The summed E-state index contributed by atoms with van der Waals surface area (Å²) in [4.78, 5) is 18.4. The Bertz CT molecular complexity index is 823. The number of nitrogens with zero attached hydrogens (tertiary/aromatic N) is 5. The Morgan fingerprint density at radius 1 is 1.14 bits per heavy atom. The molecule has 0 aliphatic carbocycles. The van der Waals surface area contributed by atoms with Crippen molar-refractivity contribution >= 4 is 34.9 Å². The maximum atomic E-state index is 5.48. The first kappa shape index (κ1) is 19.8. The van der Waals surface area contributed by atoms with Crippen molar-refractivity contribution in [1.29, 1.82) is 0 Å². The third kappa shape index (κ3) is 5.32. The first-order chi connectivity index (χ1) is 14.2. The van der Waals surface area contributed by atoms with E-state index in [9.17, 15) is 0 Å². The van der Waals surface area contributed by atoms with E-state index in [1.807, 2.05) is 18.3 Å². The molecule has 7 nitrogen and oxygen atoms in total. The van der Waals surface area contributed by atoms with Crippen molar-refractivity contribution in [3.05, 3.63) is 36.2 Å². The highest BCUT2D eigenvalue weighted by molar-refractivity contribution is 7.80. The summed E-state index contributed by atoms with van der Waals surface area (Å²) in [5.41, 5.74) is 1.08. The van der Waals surface area contributed by atoms with E-state index in [0.29, 0.717) is 23.5 Å². The molecule has 0 spiro atoms. The van der Waals surface area contributed by atoms with Gasteiger partial charge in [-0.1, -0.05) is 13.0 Å². The van der Waals surface area contributed by atoms with Crippen LogP contribution < -0.4 is 20.4 Å². The summed E-state index contributed by atoms with van der Waals surface area (Å²) in [5.74, 6) is 3.23. The van der Waals surface area contributed by atoms with E-state index < -0.39 is 0 Å². The fraction of sp³-hybridized carbons (Fsp3) is 0.524. The number of anilines is 3. The zero-order valence-electron chi connectivity index (χ0n) is 17.0. The van der Waals surface area contributed by atoms with Crippen LogP contribution in [0.1, 0.15) is 38.2 Å². The van der Waals surface area contributed by atoms with Crippen molar-refractivity contribution in [2.45, 2.75) is 39.2 Å². The predicted molar refractivity (Wildman–Crippen MR) is 121 cm³/mol. The number of thiocarbonyl (C=S) groups is 1. The maximum Gasteiger partial charge on any atom is 0.232 e. The minimum absolute atomic E-state index is 0.519. The molecule has 8 heteroatoms. The predicted octanol–water partition coefficient (Wildman–Crippen LogP) is 3.19. The summed E-state index contributed by atoms with van der Waals surface area (Å²) >= 11 is 5.48. The quantitative estimate of drug-likeness (QED) is 0.727. The number of hydrogen-bond donors (Lipinski definition) is 2. The third-order valence-corrected chi connectivity index (χ3v) is 5.76. The molecule has 2 saturated heterocycles. The Kier molecular flexibility index (Phi) is 6.39. The van der Waals surface area contributed by atoms with Gasteiger partial charge in [-0.25, -0.2) is 0 Å². The van der Waals surface area contributed by atoms with E-state index in [1.165, 1.54) is 25.7 Å². The fourth-order valence-corrected chi connectivity index (χ4v) is 4.14. The largest absolute Gasteiger partial charge is 0.358 e. The normalized spacial score (nSPS) is 19.3. The molecule has 154 valence electrons. The molecule has 0 saturated carbocycles. The Labute approximate surface area is 177 Å². The minimum atomic E-state index is 0.519. The summed E-state index contributed by atoms with van der Waals surface area (Å²) in [7, 11) is 0. The molecule has 0 unspecified atom stereocenters. The van der Waals surface area contributed by atoms with Crippen LogP contribution >= 0.6 is 12.2 Å². The highest BCUT2D eigenvalue weighted by atomic mass is 32.1. The average Bonchev–Trinajstić information content (AvgIpc) is 3.28. The summed E-state index contributed by atoms with van der Waals surface area (Å²) in [5, 5.41) is 6.93. The molecular formula is C21H29N7S. The maximum absolute atomic E-state index is 5.48. The van der Waals surface area contributed by atoms with Gasteiger partial charge in [0.15, 0.2) is 5.11 Å². The van der Waals surface area contributed by atoms with Crippen molar-refractivity contribution in [2.24, 2.45) is 5.92 Å². The number of rotatable bonds is 5. The fourth-order valence-electron chi connectivity index (χ4n) is 3.98. The first-order valence-electron chi connectivity index (χ1n) is 10.5. The second-order valence-corrected chi connectivity index (χ2v) is 8.37. The lowest BCUT2D eigenvalue weighted by molar-refractivity contribution is 0.444. The van der Waals surface area contributed by atoms with E-state index in [1.54, 1.807) is 6.20 Å². The van der Waals surface area contributed by atoms with Crippen molar-refractivity contribution in [2.75, 3.05) is 41.3 Å². The molecule has 0 bridgehead atoms. The van der Waals surface area contributed by atoms with Crippen LogP contribution in [0, 0.1) is 5.92 Å². The Balaban J connectivity index is 1.49. The summed E-state index contributed by atoms with van der Waals surface area (Å²) in [6, 6.07) is 6.07. The molecule has 2 fully saturated rings. The average molecular weight is 412 g/mol. The van der Waals surface area contributed by atoms with Gasteiger partial charge < -0.3 is 20.4 Å². The standard InChI is InChI=1S/C21H29N7S/c1-16-6-5-11-28(15-16)19-12-18(27-9-2-3-10-27)24-20(25-19)26-21(29)23-14-17-7-4-8-22-13-17/h4,7-8,12-13,16H,2-3,5-6,9-11,14-15H2,1H3,(H2,23,24,25,26,29)/t16-/m0/s1. The lowest BCUT2D eigenvalue weighted by Crippen LogP contribution is -2.35. The van der Waals surface area contributed by atoms with Gasteiger partial charge in [-0.3, -0.25) is 4.98 Å². The lowest BCUT2D eigenvalue weighted by atomic mass is 10.0. The number of pyridine rings is 1. The van der Waals surface area contributed by atoms with Gasteiger partial charge in [-0.2, -0.15) is 9.97 Å². The molecule has 4 rings (SSSR count). The molecule has 4 heterocycles. The van der Waals surface area contributed by atoms with Crippen LogP contribution in [0.25, 0.3) is 0 Å². The van der Waals surface area contributed by atoms with Gasteiger partial charge in [-0.15, -0.1) is 0 Å². The SMILES string of the molecule is C[C@H]1CCCN(c2cc(N3CCCC3)nc(NC(=S)NCc3cccnc3)n2)C1. The molecular weight excluding hydrogens is 382 g/mol. The smallest absolute Gasteiger partial charge is 0.232 e. The molecule has 2 aromatic heterocycles. The monoisotopic (exact) mass is 411 g/mol. The van der Waals surface area contributed by atoms with Crippen LogP contribution in [-0.4, -0.2) is 46.2 Å². The molecule has 2 aliphatic rings. The molecule has 2 aromatic rings. The van der Waals surface area contributed by atoms with Crippen molar-refractivity contribution in [1.82, 2.24) is 20.3 Å². The van der Waals surface area contributed by atoms with Gasteiger partial charge in [0.2, 0.25) is 5.95 Å².